The van der Waals surface area contributed by atoms with Crippen LogP contribution in [0.3, 0.4) is 0 Å². The highest BCUT2D eigenvalue weighted by Crippen LogP contribution is 2.40. The second-order valence-electron chi connectivity index (χ2n) is 6.89. The summed E-state index contributed by atoms with van der Waals surface area (Å²) in [5.74, 6) is 0. The molecule has 1 aliphatic rings. The Balaban J connectivity index is 2.55. The molecule has 1 heterocycles. The SMILES string of the molecule is CC(C)[Si](C)(N[Si]N1CCCCC1)C(C)(C)C. The van der Waals surface area contributed by atoms with Crippen LogP contribution in [0, 0.1) is 0 Å². The summed E-state index contributed by atoms with van der Waals surface area (Å²) in [6, 6.07) is 0. The van der Waals surface area contributed by atoms with Gasteiger partial charge in [-0.25, -0.2) is 0 Å². The van der Waals surface area contributed by atoms with Crippen LogP contribution in [-0.4, -0.2) is 35.7 Å². The second-order valence-corrected chi connectivity index (χ2v) is 13.8. The smallest absolute Gasteiger partial charge is 0.240 e. The first-order chi connectivity index (χ1) is 7.77. The minimum Gasteiger partial charge on any atom is -0.347 e. The van der Waals surface area contributed by atoms with Gasteiger partial charge in [-0.15, -0.1) is 0 Å². The van der Waals surface area contributed by atoms with Gasteiger partial charge in [0.15, 0.2) is 0 Å². The maximum absolute atomic E-state index is 4.00. The molecule has 1 N–H and O–H groups in total. The summed E-state index contributed by atoms with van der Waals surface area (Å²) in [7, 11) is -0.547. The van der Waals surface area contributed by atoms with Crippen molar-refractivity contribution in [3.8, 4) is 0 Å². The van der Waals surface area contributed by atoms with Crippen LogP contribution < -0.4 is 4.65 Å². The fraction of sp³-hybridized carbons (Fsp3) is 1.00. The van der Waals surface area contributed by atoms with Crippen LogP contribution in [0.2, 0.25) is 17.1 Å². The lowest BCUT2D eigenvalue weighted by Gasteiger charge is -2.45. The molecule has 0 bridgehead atoms. The Hall–Kier alpha value is 0.354. The number of hydrogen-bond donors (Lipinski definition) is 1. The largest absolute Gasteiger partial charge is 0.347 e. The van der Waals surface area contributed by atoms with Gasteiger partial charge in [-0.1, -0.05) is 47.6 Å². The maximum atomic E-state index is 4.00. The van der Waals surface area contributed by atoms with Crippen LogP contribution >= 0.6 is 0 Å². The maximum Gasteiger partial charge on any atom is 0.240 e. The Kier molecular flexibility index (Phi) is 5.44. The Morgan fingerprint density at radius 3 is 2.06 bits per heavy atom. The summed E-state index contributed by atoms with van der Waals surface area (Å²) in [4.78, 5) is 0. The van der Waals surface area contributed by atoms with E-state index in [1.807, 2.05) is 0 Å². The van der Waals surface area contributed by atoms with Gasteiger partial charge in [-0.3, -0.25) is 0 Å². The molecule has 1 atom stereocenters. The molecule has 4 heteroatoms. The summed E-state index contributed by atoms with van der Waals surface area (Å²) in [5, 5.41) is 0.434. The highest BCUT2D eigenvalue weighted by Gasteiger charge is 2.42. The van der Waals surface area contributed by atoms with E-state index < -0.39 is 8.24 Å². The van der Waals surface area contributed by atoms with E-state index in [0.717, 1.165) is 15.4 Å². The third kappa shape index (κ3) is 3.91. The number of piperidine rings is 1. The quantitative estimate of drug-likeness (QED) is 0.788. The molecule has 0 aromatic rings. The van der Waals surface area contributed by atoms with E-state index in [-0.39, 0.29) is 0 Å². The van der Waals surface area contributed by atoms with Crippen molar-refractivity contribution in [1.82, 2.24) is 9.21 Å². The van der Waals surface area contributed by atoms with E-state index in [0.29, 0.717) is 5.04 Å². The van der Waals surface area contributed by atoms with Gasteiger partial charge in [-0.2, -0.15) is 0 Å². The van der Waals surface area contributed by atoms with Crippen molar-refractivity contribution in [2.75, 3.05) is 13.1 Å². The molecule has 0 aromatic carbocycles. The van der Waals surface area contributed by atoms with Crippen molar-refractivity contribution < 1.29 is 0 Å². The van der Waals surface area contributed by atoms with E-state index in [1.165, 1.54) is 32.4 Å². The fourth-order valence-electron chi connectivity index (χ4n) is 2.40. The molecule has 17 heavy (non-hydrogen) atoms. The second kappa shape index (κ2) is 6.00. The monoisotopic (exact) mass is 270 g/mol. The van der Waals surface area contributed by atoms with Gasteiger partial charge in [0.1, 0.15) is 8.24 Å². The standard InChI is InChI=1S/C13H30N2Si2/c1-12(2)17(6,13(3,4)5)14-16-15-10-8-7-9-11-15/h12,14H,7-11H2,1-6H3. The lowest BCUT2D eigenvalue weighted by Crippen LogP contribution is -2.61. The Labute approximate surface area is 112 Å². The highest BCUT2D eigenvalue weighted by atomic mass is 28.4. The van der Waals surface area contributed by atoms with Crippen molar-refractivity contribution >= 4 is 18.1 Å². The third-order valence-electron chi connectivity index (χ3n) is 4.54. The lowest BCUT2D eigenvalue weighted by atomic mass is 10.2. The molecule has 100 valence electrons. The first kappa shape index (κ1) is 15.4. The normalized spacial score (nSPS) is 22.8. The van der Waals surface area contributed by atoms with Gasteiger partial charge >= 0.3 is 0 Å². The van der Waals surface area contributed by atoms with Crippen LogP contribution in [0.4, 0.5) is 0 Å². The van der Waals surface area contributed by atoms with Crippen LogP contribution in [0.5, 0.6) is 0 Å². The topological polar surface area (TPSA) is 15.3 Å². The van der Waals surface area contributed by atoms with Gasteiger partial charge in [0, 0.05) is 0 Å². The van der Waals surface area contributed by atoms with Crippen molar-refractivity contribution in [2.45, 2.75) is 71.0 Å². The number of nitrogens with one attached hydrogen (secondary N) is 1. The average Bonchev–Trinajstić information content (AvgIpc) is 2.25. The van der Waals surface area contributed by atoms with Crippen molar-refractivity contribution in [2.24, 2.45) is 0 Å². The molecule has 0 amide bonds. The highest BCUT2D eigenvalue weighted by molar-refractivity contribution is 6.84. The molecule has 1 unspecified atom stereocenters. The minimum atomic E-state index is -1.39. The fourth-order valence-corrected chi connectivity index (χ4v) is 8.89. The van der Waals surface area contributed by atoms with Crippen LogP contribution in [0.1, 0.15) is 53.9 Å². The van der Waals surface area contributed by atoms with Crippen molar-refractivity contribution in [3.05, 3.63) is 0 Å². The average molecular weight is 271 g/mol. The zero-order valence-corrected chi connectivity index (χ0v) is 14.6. The van der Waals surface area contributed by atoms with Gasteiger partial charge in [0.05, 0.1) is 0 Å². The van der Waals surface area contributed by atoms with Crippen LogP contribution in [0.25, 0.3) is 0 Å². The molecule has 2 nitrogen and oxygen atoms in total. The zero-order chi connectivity index (χ0) is 13.1. The lowest BCUT2D eigenvalue weighted by molar-refractivity contribution is 0.358. The molecule has 1 rings (SSSR count). The summed E-state index contributed by atoms with van der Waals surface area (Å²) in [5.41, 5.74) is 0.791. The zero-order valence-electron chi connectivity index (χ0n) is 12.6. The molecular formula is C13H30N2Si2. The van der Waals surface area contributed by atoms with Gasteiger partial charge in [0.2, 0.25) is 9.84 Å². The minimum absolute atomic E-state index is 0.434. The van der Waals surface area contributed by atoms with E-state index in [4.69, 9.17) is 0 Å². The van der Waals surface area contributed by atoms with E-state index >= 15 is 0 Å². The molecular weight excluding hydrogens is 240 g/mol. The predicted octanol–water partition coefficient (Wildman–Crippen LogP) is 3.38. The van der Waals surface area contributed by atoms with Crippen LogP contribution in [0.15, 0.2) is 0 Å². The molecule has 0 aromatic heterocycles. The molecule has 0 saturated carbocycles. The molecule has 2 radical (unpaired) electrons. The molecule has 1 aliphatic heterocycles. The van der Waals surface area contributed by atoms with Gasteiger partial charge < -0.3 is 9.21 Å². The van der Waals surface area contributed by atoms with Crippen molar-refractivity contribution in [3.63, 3.8) is 0 Å². The van der Waals surface area contributed by atoms with Crippen LogP contribution in [-0.2, 0) is 0 Å². The van der Waals surface area contributed by atoms with E-state index in [2.05, 4.69) is 50.4 Å². The Morgan fingerprint density at radius 2 is 1.65 bits per heavy atom. The predicted molar refractivity (Wildman–Crippen MR) is 80.7 cm³/mol. The molecule has 0 spiro atoms. The summed E-state index contributed by atoms with van der Waals surface area (Å²) in [6.45, 7) is 17.1. The number of hydrogen-bond acceptors (Lipinski definition) is 2. The van der Waals surface area contributed by atoms with Gasteiger partial charge in [-0.05, 0) is 36.5 Å². The Morgan fingerprint density at radius 1 is 1.12 bits per heavy atom. The van der Waals surface area contributed by atoms with E-state index in [1.54, 1.807) is 0 Å². The number of nitrogens with zero attached hydrogens (tertiary/aromatic N) is 1. The molecule has 1 fully saturated rings. The Bertz CT molecular complexity index is 232. The third-order valence-corrected chi connectivity index (χ3v) is 13.3. The number of rotatable bonds is 4. The van der Waals surface area contributed by atoms with E-state index in [9.17, 15) is 0 Å². The molecule has 0 aliphatic carbocycles. The summed E-state index contributed by atoms with van der Waals surface area (Å²) >= 11 is 0. The molecule has 1 saturated heterocycles. The summed E-state index contributed by atoms with van der Waals surface area (Å²) < 4.78 is 6.63. The van der Waals surface area contributed by atoms with Crippen molar-refractivity contribution in [1.29, 1.82) is 0 Å². The first-order valence-corrected chi connectivity index (χ1v) is 10.6. The first-order valence-electron chi connectivity index (χ1n) is 7.05. The summed E-state index contributed by atoms with van der Waals surface area (Å²) in [6.07, 6.45) is 4.22. The van der Waals surface area contributed by atoms with Gasteiger partial charge in [0.25, 0.3) is 0 Å².